The molecule has 0 aliphatic carbocycles. The van der Waals surface area contributed by atoms with E-state index in [9.17, 15) is 4.79 Å². The number of halogens is 1. The van der Waals surface area contributed by atoms with E-state index in [2.05, 4.69) is 29.4 Å². The Balaban J connectivity index is 0.00000280. The molecule has 2 fully saturated rings. The number of nitrogens with one attached hydrogen (secondary N) is 2. The summed E-state index contributed by atoms with van der Waals surface area (Å²) >= 11 is 0. The van der Waals surface area contributed by atoms with Crippen molar-refractivity contribution >= 4 is 41.5 Å². The van der Waals surface area contributed by atoms with Gasteiger partial charge in [-0.05, 0) is 56.2 Å². The number of amides is 1. The van der Waals surface area contributed by atoms with Gasteiger partial charge in [0.05, 0.1) is 6.54 Å². The van der Waals surface area contributed by atoms with Gasteiger partial charge in [-0.3, -0.25) is 4.79 Å². The van der Waals surface area contributed by atoms with Gasteiger partial charge in [0.2, 0.25) is 0 Å². The summed E-state index contributed by atoms with van der Waals surface area (Å²) in [7, 11) is 0. The molecule has 0 bridgehead atoms. The topological polar surface area (TPSA) is 66.0 Å². The highest BCUT2D eigenvalue weighted by Gasteiger charge is 2.23. The molecule has 2 saturated heterocycles. The molecule has 2 N–H and O–H groups in total. The SMILES string of the molecule is CCNC(=NCc1cccc(NC(=O)C2CCCO2)c1)N1CCCC(C)C1.I. The third-order valence-electron chi connectivity index (χ3n) is 5.12. The lowest BCUT2D eigenvalue weighted by atomic mass is 10.0. The van der Waals surface area contributed by atoms with E-state index in [-0.39, 0.29) is 36.0 Å². The number of carbonyl (C=O) groups excluding carboxylic acids is 1. The Morgan fingerprint density at radius 1 is 1.32 bits per heavy atom. The summed E-state index contributed by atoms with van der Waals surface area (Å²) < 4.78 is 5.45. The average molecular weight is 500 g/mol. The molecule has 1 amide bonds. The first-order valence-electron chi connectivity index (χ1n) is 10.2. The van der Waals surface area contributed by atoms with Crippen molar-refractivity contribution in [2.24, 2.45) is 10.9 Å². The van der Waals surface area contributed by atoms with Crippen molar-refractivity contribution in [3.05, 3.63) is 29.8 Å². The number of rotatable bonds is 5. The van der Waals surface area contributed by atoms with Crippen molar-refractivity contribution in [2.75, 3.05) is 31.6 Å². The minimum Gasteiger partial charge on any atom is -0.368 e. The van der Waals surface area contributed by atoms with Gasteiger partial charge in [-0.1, -0.05) is 19.1 Å². The monoisotopic (exact) mass is 500 g/mol. The van der Waals surface area contributed by atoms with Gasteiger partial charge in [-0.2, -0.15) is 0 Å². The van der Waals surface area contributed by atoms with E-state index in [0.29, 0.717) is 19.1 Å². The van der Waals surface area contributed by atoms with Crippen LogP contribution in [-0.4, -0.2) is 49.1 Å². The second-order valence-electron chi connectivity index (χ2n) is 7.55. The van der Waals surface area contributed by atoms with E-state index in [1.165, 1.54) is 12.8 Å². The molecular weight excluding hydrogens is 467 g/mol. The molecule has 2 heterocycles. The first-order chi connectivity index (χ1) is 13.2. The number of benzene rings is 1. The molecule has 156 valence electrons. The molecular formula is C21H33IN4O2. The molecule has 28 heavy (non-hydrogen) atoms. The smallest absolute Gasteiger partial charge is 0.253 e. The minimum absolute atomic E-state index is 0. The van der Waals surface area contributed by atoms with Crippen LogP contribution in [0.5, 0.6) is 0 Å². The second kappa shape index (κ2) is 11.6. The molecule has 0 radical (unpaired) electrons. The molecule has 0 aromatic heterocycles. The van der Waals surface area contributed by atoms with Crippen molar-refractivity contribution in [1.29, 1.82) is 0 Å². The Morgan fingerprint density at radius 2 is 2.18 bits per heavy atom. The van der Waals surface area contributed by atoms with Gasteiger partial charge >= 0.3 is 0 Å². The largest absolute Gasteiger partial charge is 0.368 e. The summed E-state index contributed by atoms with van der Waals surface area (Å²) in [4.78, 5) is 19.4. The lowest BCUT2D eigenvalue weighted by Crippen LogP contribution is -2.46. The first kappa shape index (κ1) is 22.9. The summed E-state index contributed by atoms with van der Waals surface area (Å²) in [6.07, 6.45) is 3.96. The predicted molar refractivity (Wildman–Crippen MR) is 124 cm³/mol. The van der Waals surface area contributed by atoms with Crippen LogP contribution in [0.4, 0.5) is 5.69 Å². The summed E-state index contributed by atoms with van der Waals surface area (Å²) in [5, 5.41) is 6.38. The van der Waals surface area contributed by atoms with Gasteiger partial charge in [0.25, 0.3) is 5.91 Å². The number of anilines is 1. The molecule has 1 aromatic carbocycles. The lowest BCUT2D eigenvalue weighted by molar-refractivity contribution is -0.124. The van der Waals surface area contributed by atoms with Gasteiger partial charge in [-0.15, -0.1) is 24.0 Å². The zero-order valence-electron chi connectivity index (χ0n) is 16.9. The number of ether oxygens (including phenoxy) is 1. The normalized spacial score (nSPS) is 22.5. The third kappa shape index (κ3) is 6.62. The first-order valence-corrected chi connectivity index (χ1v) is 10.2. The third-order valence-corrected chi connectivity index (χ3v) is 5.12. The highest BCUT2D eigenvalue weighted by molar-refractivity contribution is 14.0. The van der Waals surface area contributed by atoms with Gasteiger partial charge in [-0.25, -0.2) is 4.99 Å². The van der Waals surface area contributed by atoms with Crippen LogP contribution < -0.4 is 10.6 Å². The Kier molecular flexibility index (Phi) is 9.50. The fourth-order valence-electron chi connectivity index (χ4n) is 3.73. The number of guanidine groups is 1. The molecule has 1 aromatic rings. The number of hydrogen-bond acceptors (Lipinski definition) is 3. The molecule has 2 aliphatic rings. The van der Waals surface area contributed by atoms with Crippen LogP contribution in [0.2, 0.25) is 0 Å². The van der Waals surface area contributed by atoms with Crippen molar-refractivity contribution in [3.8, 4) is 0 Å². The standard InChI is InChI=1S/C21H32N4O2.HI/c1-3-22-21(25-11-5-7-16(2)15-25)23-14-17-8-4-9-18(13-17)24-20(26)19-10-6-12-27-19;/h4,8-9,13,16,19H,3,5-7,10-12,14-15H2,1-2H3,(H,22,23)(H,24,26);1H. The Morgan fingerprint density at radius 3 is 2.89 bits per heavy atom. The zero-order chi connectivity index (χ0) is 19.1. The molecule has 2 aliphatic heterocycles. The van der Waals surface area contributed by atoms with Crippen LogP contribution in [0.1, 0.15) is 45.1 Å². The highest BCUT2D eigenvalue weighted by atomic mass is 127. The van der Waals surface area contributed by atoms with Crippen molar-refractivity contribution < 1.29 is 9.53 Å². The fraction of sp³-hybridized carbons (Fsp3) is 0.619. The molecule has 2 unspecified atom stereocenters. The number of piperidine rings is 1. The lowest BCUT2D eigenvalue weighted by Gasteiger charge is -2.33. The maximum absolute atomic E-state index is 12.2. The van der Waals surface area contributed by atoms with Gasteiger partial charge in [0.15, 0.2) is 5.96 Å². The number of likely N-dealkylation sites (tertiary alicyclic amines) is 1. The number of nitrogens with zero attached hydrogens (tertiary/aromatic N) is 2. The van der Waals surface area contributed by atoms with Crippen LogP contribution in [0.15, 0.2) is 29.3 Å². The molecule has 0 spiro atoms. The van der Waals surface area contributed by atoms with E-state index in [0.717, 1.165) is 49.7 Å². The van der Waals surface area contributed by atoms with Crippen molar-refractivity contribution in [2.45, 2.75) is 52.2 Å². The van der Waals surface area contributed by atoms with Crippen LogP contribution in [0.25, 0.3) is 0 Å². The van der Waals surface area contributed by atoms with Gasteiger partial charge < -0.3 is 20.3 Å². The van der Waals surface area contributed by atoms with E-state index < -0.39 is 0 Å². The fourth-order valence-corrected chi connectivity index (χ4v) is 3.73. The van der Waals surface area contributed by atoms with Crippen LogP contribution in [0.3, 0.4) is 0 Å². The zero-order valence-corrected chi connectivity index (χ0v) is 19.3. The Bertz CT molecular complexity index is 662. The van der Waals surface area contributed by atoms with E-state index >= 15 is 0 Å². The maximum Gasteiger partial charge on any atom is 0.253 e. The van der Waals surface area contributed by atoms with Crippen LogP contribution >= 0.6 is 24.0 Å². The van der Waals surface area contributed by atoms with E-state index in [1.807, 2.05) is 24.3 Å². The number of carbonyl (C=O) groups is 1. The average Bonchev–Trinajstić information content (AvgIpc) is 3.20. The quantitative estimate of drug-likeness (QED) is 0.368. The summed E-state index contributed by atoms with van der Waals surface area (Å²) in [5.74, 6) is 1.64. The van der Waals surface area contributed by atoms with Crippen LogP contribution in [0, 0.1) is 5.92 Å². The Labute approximate surface area is 185 Å². The minimum atomic E-state index is -0.312. The maximum atomic E-state index is 12.2. The molecule has 2 atom stereocenters. The van der Waals surface area contributed by atoms with Gasteiger partial charge in [0, 0.05) is 31.9 Å². The van der Waals surface area contributed by atoms with Gasteiger partial charge in [0.1, 0.15) is 6.10 Å². The highest BCUT2D eigenvalue weighted by Crippen LogP contribution is 2.18. The number of aliphatic imine (C=N–C) groups is 1. The summed E-state index contributed by atoms with van der Waals surface area (Å²) in [6.45, 7) is 8.66. The molecule has 0 saturated carbocycles. The Hall–Kier alpha value is -1.35. The summed E-state index contributed by atoms with van der Waals surface area (Å²) in [5.41, 5.74) is 1.89. The van der Waals surface area contributed by atoms with Crippen LogP contribution in [-0.2, 0) is 16.1 Å². The van der Waals surface area contributed by atoms with Crippen molar-refractivity contribution in [1.82, 2.24) is 10.2 Å². The second-order valence-corrected chi connectivity index (χ2v) is 7.55. The van der Waals surface area contributed by atoms with E-state index in [1.54, 1.807) is 0 Å². The molecule has 7 heteroatoms. The molecule has 3 rings (SSSR count). The molecule has 6 nitrogen and oxygen atoms in total. The van der Waals surface area contributed by atoms with Crippen molar-refractivity contribution in [3.63, 3.8) is 0 Å². The van der Waals surface area contributed by atoms with E-state index in [4.69, 9.17) is 9.73 Å². The predicted octanol–water partition coefficient (Wildman–Crippen LogP) is 3.62. The number of hydrogen-bond donors (Lipinski definition) is 2. The summed E-state index contributed by atoms with van der Waals surface area (Å²) in [6, 6.07) is 7.93.